The van der Waals surface area contributed by atoms with Crippen molar-refractivity contribution >= 4 is 29.5 Å². The summed E-state index contributed by atoms with van der Waals surface area (Å²) in [5.41, 5.74) is 3.25. The number of ether oxygens (including phenoxy) is 3. The second kappa shape index (κ2) is 10.7. The standard InChI is InChI=1S/C25H26N4O5/c1-32-20-13-19(14-21(15-20)33-2)27-25-26-16-22(24(28-25)29-8-10-34-11-9-29)18-5-3-4-17(12-18)6-7-23(30)31/h3-7,12-16H,8-11H2,1-2H3,(H,30,31)(H,26,27,28)/b7-6+. The molecule has 34 heavy (non-hydrogen) atoms. The van der Waals surface area contributed by atoms with Gasteiger partial charge in [-0.05, 0) is 23.3 Å². The van der Waals surface area contributed by atoms with Crippen molar-refractivity contribution in [3.8, 4) is 22.6 Å². The van der Waals surface area contributed by atoms with Gasteiger partial charge in [0.2, 0.25) is 5.95 Å². The Morgan fingerprint density at radius 2 is 1.85 bits per heavy atom. The molecule has 2 N–H and O–H groups in total. The van der Waals surface area contributed by atoms with Gasteiger partial charge in [-0.1, -0.05) is 18.2 Å². The molecular formula is C25H26N4O5. The minimum Gasteiger partial charge on any atom is -0.497 e. The number of hydrogen-bond donors (Lipinski definition) is 2. The van der Waals surface area contributed by atoms with Gasteiger partial charge in [0.25, 0.3) is 0 Å². The lowest BCUT2D eigenvalue weighted by atomic mass is 10.0. The molecule has 0 bridgehead atoms. The Labute approximate surface area is 197 Å². The molecule has 2 heterocycles. The molecule has 1 aromatic heterocycles. The van der Waals surface area contributed by atoms with Gasteiger partial charge >= 0.3 is 5.97 Å². The fraction of sp³-hybridized carbons (Fsp3) is 0.240. The summed E-state index contributed by atoms with van der Waals surface area (Å²) in [6.45, 7) is 2.63. The topological polar surface area (TPSA) is 106 Å². The number of anilines is 3. The van der Waals surface area contributed by atoms with Gasteiger partial charge in [-0.15, -0.1) is 0 Å². The maximum absolute atomic E-state index is 10.9. The molecule has 1 fully saturated rings. The van der Waals surface area contributed by atoms with E-state index >= 15 is 0 Å². The van der Waals surface area contributed by atoms with Crippen LogP contribution in [0.25, 0.3) is 17.2 Å². The van der Waals surface area contributed by atoms with Crippen LogP contribution in [0.4, 0.5) is 17.5 Å². The van der Waals surface area contributed by atoms with Gasteiger partial charge in [-0.2, -0.15) is 4.98 Å². The number of nitrogens with one attached hydrogen (secondary N) is 1. The van der Waals surface area contributed by atoms with Crippen LogP contribution in [-0.4, -0.2) is 61.6 Å². The van der Waals surface area contributed by atoms with Crippen molar-refractivity contribution in [3.63, 3.8) is 0 Å². The Bertz CT molecular complexity index is 1170. The van der Waals surface area contributed by atoms with Crippen LogP contribution in [0, 0.1) is 0 Å². The molecule has 0 spiro atoms. The molecule has 1 aliphatic rings. The number of aliphatic carboxylic acids is 1. The molecule has 0 aliphatic carbocycles. The molecule has 3 aromatic rings. The Balaban J connectivity index is 1.71. The van der Waals surface area contributed by atoms with E-state index in [1.807, 2.05) is 36.4 Å². The van der Waals surface area contributed by atoms with Crippen molar-refractivity contribution in [2.75, 3.05) is 50.7 Å². The lowest BCUT2D eigenvalue weighted by molar-refractivity contribution is -0.131. The third kappa shape index (κ3) is 5.62. The first-order valence-corrected chi connectivity index (χ1v) is 10.8. The van der Waals surface area contributed by atoms with Crippen LogP contribution in [0.15, 0.2) is 54.7 Å². The van der Waals surface area contributed by atoms with Crippen molar-refractivity contribution < 1.29 is 24.1 Å². The molecular weight excluding hydrogens is 436 g/mol. The van der Waals surface area contributed by atoms with Crippen LogP contribution in [0.2, 0.25) is 0 Å². The molecule has 9 nitrogen and oxygen atoms in total. The molecule has 2 aromatic carbocycles. The van der Waals surface area contributed by atoms with Crippen molar-refractivity contribution in [1.82, 2.24) is 9.97 Å². The first kappa shape index (κ1) is 23.1. The van der Waals surface area contributed by atoms with E-state index in [1.165, 1.54) is 0 Å². The van der Waals surface area contributed by atoms with Crippen molar-refractivity contribution in [2.45, 2.75) is 0 Å². The zero-order valence-corrected chi connectivity index (χ0v) is 19.0. The third-order valence-corrected chi connectivity index (χ3v) is 5.30. The molecule has 4 rings (SSSR count). The second-order valence-electron chi connectivity index (χ2n) is 7.55. The molecule has 1 saturated heterocycles. The molecule has 176 valence electrons. The van der Waals surface area contributed by atoms with Crippen molar-refractivity contribution in [1.29, 1.82) is 0 Å². The van der Waals surface area contributed by atoms with Gasteiger partial charge in [-0.25, -0.2) is 9.78 Å². The van der Waals surface area contributed by atoms with E-state index in [4.69, 9.17) is 24.3 Å². The van der Waals surface area contributed by atoms with E-state index in [2.05, 4.69) is 15.2 Å². The highest BCUT2D eigenvalue weighted by atomic mass is 16.5. The quantitative estimate of drug-likeness (QED) is 0.483. The molecule has 0 atom stereocenters. The van der Waals surface area contributed by atoms with E-state index in [-0.39, 0.29) is 0 Å². The van der Waals surface area contributed by atoms with Gasteiger partial charge in [0.1, 0.15) is 17.3 Å². The number of aromatic nitrogens is 2. The third-order valence-electron chi connectivity index (χ3n) is 5.30. The maximum Gasteiger partial charge on any atom is 0.328 e. The fourth-order valence-electron chi connectivity index (χ4n) is 3.64. The van der Waals surface area contributed by atoms with Gasteiger partial charge < -0.3 is 29.5 Å². The zero-order valence-electron chi connectivity index (χ0n) is 19.0. The van der Waals surface area contributed by atoms with E-state index in [0.29, 0.717) is 43.8 Å². The summed E-state index contributed by atoms with van der Waals surface area (Å²) in [5, 5.41) is 12.2. The summed E-state index contributed by atoms with van der Waals surface area (Å²) in [5.74, 6) is 1.51. The Hall–Kier alpha value is -4.11. The van der Waals surface area contributed by atoms with Crippen LogP contribution < -0.4 is 19.7 Å². The Morgan fingerprint density at radius 3 is 2.53 bits per heavy atom. The van der Waals surface area contributed by atoms with E-state index in [0.717, 1.165) is 34.3 Å². The van der Waals surface area contributed by atoms with E-state index in [1.54, 1.807) is 32.6 Å². The molecule has 9 heteroatoms. The van der Waals surface area contributed by atoms with Gasteiger partial charge in [0, 0.05) is 54.8 Å². The molecule has 0 amide bonds. The van der Waals surface area contributed by atoms with Crippen LogP contribution in [0.5, 0.6) is 11.5 Å². The SMILES string of the molecule is COc1cc(Nc2ncc(-c3cccc(/C=C/C(=O)O)c3)c(N3CCOCC3)n2)cc(OC)c1. The number of carboxylic acid groups (broad SMARTS) is 1. The summed E-state index contributed by atoms with van der Waals surface area (Å²) < 4.78 is 16.2. The van der Waals surface area contributed by atoms with Crippen LogP contribution in [-0.2, 0) is 9.53 Å². The van der Waals surface area contributed by atoms with E-state index < -0.39 is 5.97 Å². The van der Waals surface area contributed by atoms with Crippen molar-refractivity contribution in [3.05, 3.63) is 60.3 Å². The summed E-state index contributed by atoms with van der Waals surface area (Å²) in [7, 11) is 3.19. The summed E-state index contributed by atoms with van der Waals surface area (Å²) in [4.78, 5) is 22.5. The fourth-order valence-corrected chi connectivity index (χ4v) is 3.64. The zero-order chi connectivity index (χ0) is 23.9. The van der Waals surface area contributed by atoms with E-state index in [9.17, 15) is 4.79 Å². The smallest absolute Gasteiger partial charge is 0.328 e. The molecule has 0 radical (unpaired) electrons. The lowest BCUT2D eigenvalue weighted by Gasteiger charge is -2.29. The first-order valence-electron chi connectivity index (χ1n) is 10.8. The number of hydrogen-bond acceptors (Lipinski definition) is 8. The number of methoxy groups -OCH3 is 2. The number of nitrogens with zero attached hydrogens (tertiary/aromatic N) is 3. The summed E-state index contributed by atoms with van der Waals surface area (Å²) in [6.07, 6.45) is 4.46. The molecule has 1 aliphatic heterocycles. The number of carboxylic acids is 1. The minimum atomic E-state index is -0.993. The number of carbonyl (C=O) groups is 1. The number of morpholine rings is 1. The number of benzene rings is 2. The Morgan fingerprint density at radius 1 is 1.12 bits per heavy atom. The van der Waals surface area contributed by atoms with Gasteiger partial charge in [-0.3, -0.25) is 0 Å². The number of rotatable bonds is 8. The van der Waals surface area contributed by atoms with Crippen molar-refractivity contribution in [2.24, 2.45) is 0 Å². The minimum absolute atomic E-state index is 0.433. The second-order valence-corrected chi connectivity index (χ2v) is 7.55. The van der Waals surface area contributed by atoms with Gasteiger partial charge in [0.05, 0.1) is 27.4 Å². The predicted octanol–water partition coefficient (Wildman–Crippen LogP) is 3.84. The monoisotopic (exact) mass is 462 g/mol. The average Bonchev–Trinajstić information content (AvgIpc) is 2.88. The highest BCUT2D eigenvalue weighted by molar-refractivity contribution is 5.86. The maximum atomic E-state index is 10.9. The van der Waals surface area contributed by atoms with Crippen LogP contribution in [0.3, 0.4) is 0 Å². The largest absolute Gasteiger partial charge is 0.497 e. The molecule has 0 unspecified atom stereocenters. The first-order chi connectivity index (χ1) is 16.6. The molecule has 0 saturated carbocycles. The van der Waals surface area contributed by atoms with Crippen LogP contribution in [0.1, 0.15) is 5.56 Å². The summed E-state index contributed by atoms with van der Waals surface area (Å²) in [6, 6.07) is 13.1. The normalized spacial score (nSPS) is 13.6. The predicted molar refractivity (Wildman–Crippen MR) is 130 cm³/mol. The Kier molecular flexibility index (Phi) is 7.24. The lowest BCUT2D eigenvalue weighted by Crippen LogP contribution is -2.37. The van der Waals surface area contributed by atoms with Gasteiger partial charge in [0.15, 0.2) is 0 Å². The van der Waals surface area contributed by atoms with Crippen LogP contribution >= 0.6 is 0 Å². The highest BCUT2D eigenvalue weighted by Crippen LogP contribution is 2.32. The highest BCUT2D eigenvalue weighted by Gasteiger charge is 2.19. The average molecular weight is 463 g/mol. The summed E-state index contributed by atoms with van der Waals surface area (Å²) >= 11 is 0.